The molecule has 3 nitrogen and oxygen atoms in total. The SMILES string of the molecule is NC(=O)C1=Cc2ccccc2OC1c1ccccc1. The van der Waals surface area contributed by atoms with Crippen molar-refractivity contribution in [2.45, 2.75) is 6.10 Å². The normalized spacial score (nSPS) is 17.1. The molecule has 0 spiro atoms. The Hall–Kier alpha value is -2.55. The molecule has 0 saturated carbocycles. The molecule has 2 aromatic rings. The van der Waals surface area contributed by atoms with Crippen molar-refractivity contribution in [1.82, 2.24) is 0 Å². The van der Waals surface area contributed by atoms with Gasteiger partial charge in [-0.3, -0.25) is 4.79 Å². The van der Waals surface area contributed by atoms with Crippen LogP contribution in [0.4, 0.5) is 0 Å². The number of fused-ring (bicyclic) bond motifs is 1. The molecular weight excluding hydrogens is 238 g/mol. The van der Waals surface area contributed by atoms with Gasteiger partial charge in [0.2, 0.25) is 5.91 Å². The highest BCUT2D eigenvalue weighted by molar-refractivity contribution is 5.99. The topological polar surface area (TPSA) is 52.3 Å². The number of amides is 1. The van der Waals surface area contributed by atoms with Crippen LogP contribution in [0.25, 0.3) is 6.08 Å². The molecule has 1 atom stereocenters. The summed E-state index contributed by atoms with van der Waals surface area (Å²) < 4.78 is 5.92. The van der Waals surface area contributed by atoms with E-state index in [1.807, 2.05) is 54.6 Å². The zero-order valence-electron chi connectivity index (χ0n) is 10.2. The third-order valence-corrected chi connectivity index (χ3v) is 3.14. The molecule has 0 fully saturated rings. The molecule has 0 saturated heterocycles. The molecule has 1 unspecified atom stereocenters. The molecule has 19 heavy (non-hydrogen) atoms. The maximum atomic E-state index is 11.6. The molecule has 0 radical (unpaired) electrons. The van der Waals surface area contributed by atoms with Gasteiger partial charge in [-0.15, -0.1) is 0 Å². The number of nitrogens with two attached hydrogens (primary N) is 1. The summed E-state index contributed by atoms with van der Waals surface area (Å²) in [6, 6.07) is 17.2. The summed E-state index contributed by atoms with van der Waals surface area (Å²) in [5.74, 6) is 0.310. The van der Waals surface area contributed by atoms with E-state index >= 15 is 0 Å². The molecular formula is C16H13NO2. The quantitative estimate of drug-likeness (QED) is 0.892. The Morgan fingerprint density at radius 2 is 1.68 bits per heavy atom. The molecule has 1 amide bonds. The van der Waals surface area contributed by atoms with Crippen molar-refractivity contribution in [3.05, 3.63) is 71.3 Å². The number of carbonyl (C=O) groups excluding carboxylic acids is 1. The third-order valence-electron chi connectivity index (χ3n) is 3.14. The van der Waals surface area contributed by atoms with E-state index in [9.17, 15) is 4.79 Å². The molecule has 3 heteroatoms. The average molecular weight is 251 g/mol. The Morgan fingerprint density at radius 1 is 1.00 bits per heavy atom. The van der Waals surface area contributed by atoms with Crippen LogP contribution >= 0.6 is 0 Å². The molecule has 2 N–H and O–H groups in total. The van der Waals surface area contributed by atoms with Crippen LogP contribution in [0.1, 0.15) is 17.2 Å². The van der Waals surface area contributed by atoms with E-state index in [2.05, 4.69) is 0 Å². The minimum absolute atomic E-state index is 0.436. The van der Waals surface area contributed by atoms with Gasteiger partial charge in [0.1, 0.15) is 5.75 Å². The predicted octanol–water partition coefficient (Wildman–Crippen LogP) is 2.69. The fraction of sp³-hybridized carbons (Fsp3) is 0.0625. The minimum Gasteiger partial charge on any atom is -0.480 e. The molecule has 0 bridgehead atoms. The van der Waals surface area contributed by atoms with Gasteiger partial charge in [-0.2, -0.15) is 0 Å². The van der Waals surface area contributed by atoms with E-state index < -0.39 is 12.0 Å². The number of para-hydroxylation sites is 1. The molecule has 1 aliphatic rings. The van der Waals surface area contributed by atoms with Gasteiger partial charge in [0.05, 0.1) is 5.57 Å². The lowest BCUT2D eigenvalue weighted by Gasteiger charge is -2.26. The number of ether oxygens (including phenoxy) is 1. The van der Waals surface area contributed by atoms with Gasteiger partial charge in [-0.05, 0) is 17.7 Å². The second-order valence-electron chi connectivity index (χ2n) is 4.41. The van der Waals surface area contributed by atoms with Crippen molar-refractivity contribution in [3.8, 4) is 5.75 Å². The first-order chi connectivity index (χ1) is 9.25. The second kappa shape index (κ2) is 4.61. The van der Waals surface area contributed by atoms with Crippen molar-refractivity contribution in [1.29, 1.82) is 0 Å². The Balaban J connectivity index is 2.10. The second-order valence-corrected chi connectivity index (χ2v) is 4.41. The fourth-order valence-electron chi connectivity index (χ4n) is 2.22. The van der Waals surface area contributed by atoms with E-state index in [-0.39, 0.29) is 0 Å². The summed E-state index contributed by atoms with van der Waals surface area (Å²) >= 11 is 0. The zero-order valence-corrected chi connectivity index (χ0v) is 10.2. The number of carbonyl (C=O) groups is 1. The van der Waals surface area contributed by atoms with Gasteiger partial charge >= 0.3 is 0 Å². The van der Waals surface area contributed by atoms with Gasteiger partial charge < -0.3 is 10.5 Å². The van der Waals surface area contributed by atoms with Crippen LogP contribution < -0.4 is 10.5 Å². The van der Waals surface area contributed by atoms with E-state index in [1.165, 1.54) is 0 Å². The smallest absolute Gasteiger partial charge is 0.248 e. The summed E-state index contributed by atoms with van der Waals surface area (Å²) in [5, 5.41) is 0. The van der Waals surface area contributed by atoms with Crippen molar-refractivity contribution >= 4 is 12.0 Å². The highest BCUT2D eigenvalue weighted by atomic mass is 16.5. The van der Waals surface area contributed by atoms with Gasteiger partial charge in [0.25, 0.3) is 0 Å². The van der Waals surface area contributed by atoms with Gasteiger partial charge in [0, 0.05) is 5.56 Å². The predicted molar refractivity (Wildman–Crippen MR) is 73.4 cm³/mol. The number of primary amides is 1. The average Bonchev–Trinajstić information content (AvgIpc) is 2.46. The van der Waals surface area contributed by atoms with E-state index in [0.29, 0.717) is 5.57 Å². The molecule has 1 aliphatic heterocycles. The first-order valence-corrected chi connectivity index (χ1v) is 6.08. The lowest BCUT2D eigenvalue weighted by atomic mass is 9.96. The maximum absolute atomic E-state index is 11.6. The van der Waals surface area contributed by atoms with Gasteiger partial charge in [-0.25, -0.2) is 0 Å². The third kappa shape index (κ3) is 2.10. The summed E-state index contributed by atoms with van der Waals surface area (Å²) in [5.41, 5.74) is 7.74. The Bertz CT molecular complexity index is 647. The summed E-state index contributed by atoms with van der Waals surface area (Å²) in [6.45, 7) is 0. The van der Waals surface area contributed by atoms with Crippen LogP contribution in [0.15, 0.2) is 60.2 Å². The van der Waals surface area contributed by atoms with Gasteiger partial charge in [0.15, 0.2) is 6.10 Å². The molecule has 94 valence electrons. The van der Waals surface area contributed by atoms with Crippen molar-refractivity contribution in [2.24, 2.45) is 5.73 Å². The number of benzene rings is 2. The molecule has 0 aromatic heterocycles. The van der Waals surface area contributed by atoms with Crippen LogP contribution in [0, 0.1) is 0 Å². The molecule has 0 aliphatic carbocycles. The lowest BCUT2D eigenvalue weighted by molar-refractivity contribution is -0.115. The summed E-state index contributed by atoms with van der Waals surface area (Å²) in [4.78, 5) is 11.6. The monoisotopic (exact) mass is 251 g/mol. The van der Waals surface area contributed by atoms with Crippen LogP contribution in [0.5, 0.6) is 5.75 Å². The van der Waals surface area contributed by atoms with Crippen molar-refractivity contribution in [2.75, 3.05) is 0 Å². The first kappa shape index (κ1) is 11.5. The molecule has 1 heterocycles. The van der Waals surface area contributed by atoms with Crippen LogP contribution in [-0.4, -0.2) is 5.91 Å². The summed E-state index contributed by atoms with van der Waals surface area (Å²) in [7, 11) is 0. The number of rotatable bonds is 2. The molecule has 3 rings (SSSR count). The highest BCUT2D eigenvalue weighted by Crippen LogP contribution is 2.36. The lowest BCUT2D eigenvalue weighted by Crippen LogP contribution is -2.25. The summed E-state index contributed by atoms with van der Waals surface area (Å²) in [6.07, 6.45) is 1.37. The number of hydrogen-bond donors (Lipinski definition) is 1. The zero-order chi connectivity index (χ0) is 13.2. The Labute approximate surface area is 111 Å². The van der Waals surface area contributed by atoms with Gasteiger partial charge in [-0.1, -0.05) is 48.5 Å². The van der Waals surface area contributed by atoms with Crippen LogP contribution in [0.3, 0.4) is 0 Å². The van der Waals surface area contributed by atoms with E-state index in [4.69, 9.17) is 10.5 Å². The van der Waals surface area contributed by atoms with Crippen LogP contribution in [-0.2, 0) is 4.79 Å². The largest absolute Gasteiger partial charge is 0.480 e. The fourth-order valence-corrected chi connectivity index (χ4v) is 2.22. The number of hydrogen-bond acceptors (Lipinski definition) is 2. The van der Waals surface area contributed by atoms with E-state index in [1.54, 1.807) is 6.08 Å². The highest BCUT2D eigenvalue weighted by Gasteiger charge is 2.27. The Morgan fingerprint density at radius 3 is 2.42 bits per heavy atom. The van der Waals surface area contributed by atoms with E-state index in [0.717, 1.165) is 16.9 Å². The Kier molecular flexibility index (Phi) is 2.80. The first-order valence-electron chi connectivity index (χ1n) is 6.08. The maximum Gasteiger partial charge on any atom is 0.248 e. The van der Waals surface area contributed by atoms with Crippen molar-refractivity contribution in [3.63, 3.8) is 0 Å². The minimum atomic E-state index is -0.455. The standard InChI is InChI=1S/C16H13NO2/c17-16(18)13-10-12-8-4-5-9-14(12)19-15(13)11-6-2-1-3-7-11/h1-10,15H,(H2,17,18). The van der Waals surface area contributed by atoms with Crippen molar-refractivity contribution < 1.29 is 9.53 Å². The molecule has 2 aromatic carbocycles. The van der Waals surface area contributed by atoms with Crippen LogP contribution in [0.2, 0.25) is 0 Å².